The molecule has 2 amide bonds. The molecule has 0 aliphatic heterocycles. The highest BCUT2D eigenvalue weighted by Crippen LogP contribution is 2.13. The lowest BCUT2D eigenvalue weighted by Gasteiger charge is -2.05. The number of urea groups is 1. The van der Waals surface area contributed by atoms with Crippen molar-refractivity contribution in [2.75, 3.05) is 26.5 Å². The molecule has 0 saturated heterocycles. The van der Waals surface area contributed by atoms with E-state index in [4.69, 9.17) is 4.74 Å². The molecule has 1 aromatic heterocycles. The smallest absolute Gasteiger partial charge is 0.437 e. The summed E-state index contributed by atoms with van der Waals surface area (Å²) in [5.74, 6) is -0.0804. The van der Waals surface area contributed by atoms with Crippen molar-refractivity contribution in [3.05, 3.63) is 4.80 Å². The first-order valence-corrected chi connectivity index (χ1v) is 10.5. The van der Waals surface area contributed by atoms with Crippen LogP contribution in [0.25, 0.3) is 0 Å². The van der Waals surface area contributed by atoms with Crippen LogP contribution >= 0.6 is 11.3 Å². The van der Waals surface area contributed by atoms with Gasteiger partial charge in [-0.2, -0.15) is 4.99 Å². The summed E-state index contributed by atoms with van der Waals surface area (Å²) in [4.78, 5) is 28.8. The van der Waals surface area contributed by atoms with Gasteiger partial charge in [-0.05, 0) is 12.8 Å². The molecule has 0 N–H and O–H groups in total. The van der Waals surface area contributed by atoms with E-state index in [1.165, 1.54) is 19.0 Å². The van der Waals surface area contributed by atoms with E-state index in [9.17, 15) is 18.0 Å². The van der Waals surface area contributed by atoms with Crippen LogP contribution in [-0.4, -0.2) is 61.7 Å². The normalized spacial score (nSPS) is 12.2. The monoisotopic (exact) mass is 392 g/mol. The SMILES string of the molecule is CCCCOC(=O)n1nc(S(=O)(=O)CCCC)sc1=NC(=O)N(C)C. The Morgan fingerprint density at radius 3 is 2.44 bits per heavy atom. The maximum absolute atomic E-state index is 12.3. The molecule has 25 heavy (non-hydrogen) atoms. The lowest BCUT2D eigenvalue weighted by molar-refractivity contribution is 0.141. The van der Waals surface area contributed by atoms with Crippen molar-refractivity contribution in [1.29, 1.82) is 0 Å². The number of amides is 2. The molecule has 0 aliphatic carbocycles. The van der Waals surface area contributed by atoms with Gasteiger partial charge in [0, 0.05) is 14.1 Å². The van der Waals surface area contributed by atoms with Crippen molar-refractivity contribution in [3.63, 3.8) is 0 Å². The summed E-state index contributed by atoms with van der Waals surface area (Å²) in [7, 11) is -0.654. The molecule has 142 valence electrons. The van der Waals surface area contributed by atoms with Crippen LogP contribution in [0.15, 0.2) is 9.33 Å². The molecule has 0 spiro atoms. The highest BCUT2D eigenvalue weighted by atomic mass is 32.2. The van der Waals surface area contributed by atoms with Gasteiger partial charge in [0.2, 0.25) is 19.0 Å². The molecule has 0 aromatic carbocycles. The number of carbonyl (C=O) groups excluding carboxylic acids is 2. The Bertz CT molecular complexity index is 764. The van der Waals surface area contributed by atoms with Gasteiger partial charge in [0.05, 0.1) is 12.4 Å². The maximum atomic E-state index is 12.3. The van der Waals surface area contributed by atoms with Gasteiger partial charge in [0.1, 0.15) is 0 Å². The standard InChI is InChI=1S/C14H24N4O5S2/c1-5-7-9-23-14(20)18-12(15-11(19)17(3)4)24-13(16-18)25(21,22)10-8-6-2/h5-10H2,1-4H3. The zero-order valence-corrected chi connectivity index (χ0v) is 16.5. The van der Waals surface area contributed by atoms with Crippen LogP contribution in [0.5, 0.6) is 0 Å². The van der Waals surface area contributed by atoms with Crippen LogP contribution in [-0.2, 0) is 14.6 Å². The van der Waals surface area contributed by atoms with Crippen LogP contribution < -0.4 is 4.80 Å². The number of carbonyl (C=O) groups is 2. The molecule has 1 aromatic rings. The van der Waals surface area contributed by atoms with Gasteiger partial charge in [-0.15, -0.1) is 9.78 Å². The van der Waals surface area contributed by atoms with Crippen LogP contribution in [0.2, 0.25) is 0 Å². The number of ether oxygens (including phenoxy) is 1. The Morgan fingerprint density at radius 2 is 1.88 bits per heavy atom. The second-order valence-corrected chi connectivity index (χ2v) is 8.73. The Morgan fingerprint density at radius 1 is 1.24 bits per heavy atom. The zero-order chi connectivity index (χ0) is 19.0. The van der Waals surface area contributed by atoms with E-state index in [1.54, 1.807) is 0 Å². The Hall–Kier alpha value is -1.75. The summed E-state index contributed by atoms with van der Waals surface area (Å²) in [6.07, 6.45) is 1.83. The average Bonchev–Trinajstić information content (AvgIpc) is 2.97. The van der Waals surface area contributed by atoms with E-state index in [1.807, 2.05) is 13.8 Å². The topological polar surface area (TPSA) is 111 Å². The van der Waals surface area contributed by atoms with Crippen molar-refractivity contribution in [2.45, 2.75) is 43.9 Å². The maximum Gasteiger partial charge on any atom is 0.437 e. The minimum atomic E-state index is -3.64. The molecular formula is C14H24N4O5S2. The van der Waals surface area contributed by atoms with Crippen molar-refractivity contribution in [3.8, 4) is 0 Å². The molecular weight excluding hydrogens is 368 g/mol. The molecule has 9 nitrogen and oxygen atoms in total. The van der Waals surface area contributed by atoms with Crippen molar-refractivity contribution in [1.82, 2.24) is 14.7 Å². The number of sulfone groups is 1. The lowest BCUT2D eigenvalue weighted by atomic mass is 10.4. The Labute approximate surface area is 151 Å². The molecule has 0 bridgehead atoms. The van der Waals surface area contributed by atoms with Crippen LogP contribution in [0, 0.1) is 0 Å². The summed E-state index contributed by atoms with van der Waals surface area (Å²) in [5.41, 5.74) is 0. The summed E-state index contributed by atoms with van der Waals surface area (Å²) < 4.78 is 30.1. The Kier molecular flexibility index (Phi) is 8.23. The van der Waals surface area contributed by atoms with Crippen LogP contribution in [0.3, 0.4) is 0 Å². The summed E-state index contributed by atoms with van der Waals surface area (Å²) >= 11 is 0.679. The number of nitrogens with zero attached hydrogens (tertiary/aromatic N) is 4. The quantitative estimate of drug-likeness (QED) is 0.655. The van der Waals surface area contributed by atoms with Gasteiger partial charge >= 0.3 is 12.1 Å². The van der Waals surface area contributed by atoms with E-state index in [-0.39, 0.29) is 21.5 Å². The largest absolute Gasteiger partial charge is 0.448 e. The van der Waals surface area contributed by atoms with Crippen molar-refractivity contribution < 1.29 is 22.7 Å². The molecule has 11 heteroatoms. The molecule has 0 unspecified atom stereocenters. The highest BCUT2D eigenvalue weighted by molar-refractivity contribution is 7.93. The fourth-order valence-corrected chi connectivity index (χ4v) is 4.18. The highest BCUT2D eigenvalue weighted by Gasteiger charge is 2.23. The zero-order valence-electron chi connectivity index (χ0n) is 14.9. The second-order valence-electron chi connectivity index (χ2n) is 5.49. The van der Waals surface area contributed by atoms with Crippen LogP contribution in [0.4, 0.5) is 9.59 Å². The van der Waals surface area contributed by atoms with Gasteiger partial charge in [-0.3, -0.25) is 0 Å². The van der Waals surface area contributed by atoms with E-state index in [0.29, 0.717) is 30.6 Å². The number of hydrogen-bond donors (Lipinski definition) is 0. The summed E-state index contributed by atoms with van der Waals surface area (Å²) in [6.45, 7) is 4.00. The fourth-order valence-electron chi connectivity index (χ4n) is 1.55. The molecule has 0 aliphatic rings. The van der Waals surface area contributed by atoms with Gasteiger partial charge in [-0.1, -0.05) is 38.0 Å². The fraction of sp³-hybridized carbons (Fsp3) is 0.714. The number of hydrogen-bond acceptors (Lipinski definition) is 7. The Balaban J connectivity index is 3.28. The van der Waals surface area contributed by atoms with Crippen molar-refractivity contribution in [2.24, 2.45) is 4.99 Å². The average molecular weight is 393 g/mol. The van der Waals surface area contributed by atoms with Crippen LogP contribution in [0.1, 0.15) is 39.5 Å². The third kappa shape index (κ3) is 6.24. The van der Waals surface area contributed by atoms with Gasteiger partial charge in [0.15, 0.2) is 0 Å². The lowest BCUT2D eigenvalue weighted by Crippen LogP contribution is -2.29. The minimum absolute atomic E-state index is 0.0804. The van der Waals surface area contributed by atoms with Gasteiger partial charge in [0.25, 0.3) is 0 Å². The number of rotatable bonds is 7. The first kappa shape index (κ1) is 21.3. The summed E-state index contributed by atoms with van der Waals surface area (Å²) in [5, 5.41) is 3.83. The number of unbranched alkanes of at least 4 members (excludes halogenated alkanes) is 2. The molecule has 0 fully saturated rings. The third-order valence-electron chi connectivity index (χ3n) is 3.04. The minimum Gasteiger partial charge on any atom is -0.448 e. The van der Waals surface area contributed by atoms with E-state index >= 15 is 0 Å². The predicted octanol–water partition coefficient (Wildman–Crippen LogP) is 1.89. The first-order chi connectivity index (χ1) is 11.7. The van der Waals surface area contributed by atoms with Gasteiger partial charge in [-0.25, -0.2) is 18.0 Å². The molecule has 0 saturated carbocycles. The molecule has 1 heterocycles. The van der Waals surface area contributed by atoms with E-state index in [0.717, 1.165) is 11.1 Å². The van der Waals surface area contributed by atoms with Gasteiger partial charge < -0.3 is 9.64 Å². The first-order valence-electron chi connectivity index (χ1n) is 7.99. The van der Waals surface area contributed by atoms with E-state index < -0.39 is 22.0 Å². The van der Waals surface area contributed by atoms with Crippen molar-refractivity contribution >= 4 is 33.3 Å². The summed E-state index contributed by atoms with van der Waals surface area (Å²) in [6, 6.07) is -0.628. The predicted molar refractivity (Wildman–Crippen MR) is 93.4 cm³/mol. The van der Waals surface area contributed by atoms with E-state index in [2.05, 4.69) is 10.1 Å². The molecule has 1 rings (SSSR count). The molecule has 0 radical (unpaired) electrons. The molecule has 0 atom stereocenters. The third-order valence-corrected chi connectivity index (χ3v) is 6.20. The second kappa shape index (κ2) is 9.66. The number of aromatic nitrogens is 2.